The van der Waals surface area contributed by atoms with Crippen molar-refractivity contribution in [3.8, 4) is 6.07 Å². The van der Waals surface area contributed by atoms with Gasteiger partial charge in [-0.1, -0.05) is 0 Å². The summed E-state index contributed by atoms with van der Waals surface area (Å²) in [7, 11) is 0. The van der Waals surface area contributed by atoms with Crippen molar-refractivity contribution < 1.29 is 9.18 Å². The van der Waals surface area contributed by atoms with Crippen LogP contribution in [0, 0.1) is 24.1 Å². The summed E-state index contributed by atoms with van der Waals surface area (Å²) < 4.78 is 13.3. The molecule has 0 bridgehead atoms. The number of nitriles is 1. The van der Waals surface area contributed by atoms with Crippen molar-refractivity contribution in [2.45, 2.75) is 6.92 Å². The van der Waals surface area contributed by atoms with Gasteiger partial charge in [-0.25, -0.2) is 9.37 Å². The Morgan fingerprint density at radius 3 is 2.77 bits per heavy atom. The molecule has 2 heterocycles. The van der Waals surface area contributed by atoms with E-state index in [-0.39, 0.29) is 18.3 Å². The van der Waals surface area contributed by atoms with E-state index in [1.807, 2.05) is 0 Å². The van der Waals surface area contributed by atoms with Gasteiger partial charge in [0.05, 0.1) is 12.1 Å². The van der Waals surface area contributed by atoms with Gasteiger partial charge in [-0.2, -0.15) is 5.26 Å². The number of benzene rings is 1. The largest absolute Gasteiger partial charge is 0.353 e. The van der Waals surface area contributed by atoms with E-state index in [9.17, 15) is 14.4 Å². The highest BCUT2D eigenvalue weighted by molar-refractivity contribution is 5.92. The second-order valence-corrected chi connectivity index (χ2v) is 6.26. The Kier molecular flexibility index (Phi) is 5.44. The van der Waals surface area contributed by atoms with Crippen molar-refractivity contribution in [1.82, 2.24) is 9.88 Å². The highest BCUT2D eigenvalue weighted by atomic mass is 19.1. The van der Waals surface area contributed by atoms with E-state index in [4.69, 9.17) is 0 Å². The first-order chi connectivity index (χ1) is 12.6. The number of hydrogen-bond donors (Lipinski definition) is 1. The number of amides is 1. The molecule has 26 heavy (non-hydrogen) atoms. The molecule has 0 atom stereocenters. The summed E-state index contributed by atoms with van der Waals surface area (Å²) in [5, 5.41) is 12.0. The fraction of sp³-hybridized carbons (Fsp3) is 0.316. The fourth-order valence-corrected chi connectivity index (χ4v) is 2.98. The van der Waals surface area contributed by atoms with Gasteiger partial charge in [-0.15, -0.1) is 0 Å². The van der Waals surface area contributed by atoms with E-state index in [0.717, 1.165) is 0 Å². The molecule has 7 heteroatoms. The minimum Gasteiger partial charge on any atom is -0.353 e. The summed E-state index contributed by atoms with van der Waals surface area (Å²) >= 11 is 0. The van der Waals surface area contributed by atoms with Crippen LogP contribution in [0.25, 0.3) is 0 Å². The van der Waals surface area contributed by atoms with Crippen molar-refractivity contribution in [1.29, 1.82) is 5.26 Å². The molecule has 0 radical (unpaired) electrons. The molecule has 1 saturated heterocycles. The average Bonchev–Trinajstić information content (AvgIpc) is 2.65. The molecule has 1 amide bonds. The summed E-state index contributed by atoms with van der Waals surface area (Å²) in [5.74, 6) is 0.284. The quantitative estimate of drug-likeness (QED) is 0.912. The predicted molar refractivity (Wildman–Crippen MR) is 97.4 cm³/mol. The van der Waals surface area contributed by atoms with Gasteiger partial charge in [0.15, 0.2) is 0 Å². The van der Waals surface area contributed by atoms with Crippen LogP contribution in [0.2, 0.25) is 0 Å². The lowest BCUT2D eigenvalue weighted by Crippen LogP contribution is -2.49. The third-order valence-electron chi connectivity index (χ3n) is 4.39. The van der Waals surface area contributed by atoms with Crippen LogP contribution in [-0.4, -0.2) is 48.5 Å². The van der Waals surface area contributed by atoms with Crippen LogP contribution in [0.4, 0.5) is 15.9 Å². The average molecular weight is 353 g/mol. The molecule has 1 aliphatic rings. The molecule has 0 aliphatic carbocycles. The highest BCUT2D eigenvalue weighted by Crippen LogP contribution is 2.18. The number of piperazine rings is 1. The predicted octanol–water partition coefficient (Wildman–Crippen LogP) is 2.16. The maximum absolute atomic E-state index is 13.3. The Balaban J connectivity index is 1.53. The fourth-order valence-electron chi connectivity index (χ4n) is 2.98. The van der Waals surface area contributed by atoms with E-state index < -0.39 is 0 Å². The first kappa shape index (κ1) is 17.8. The number of hydrogen-bond acceptors (Lipinski definition) is 5. The minimum atomic E-state index is -0.287. The van der Waals surface area contributed by atoms with Gasteiger partial charge in [0.2, 0.25) is 5.91 Å². The summed E-state index contributed by atoms with van der Waals surface area (Å²) in [4.78, 5) is 20.6. The molecule has 6 nitrogen and oxygen atoms in total. The lowest BCUT2D eigenvalue weighted by molar-refractivity contribution is -0.117. The summed E-state index contributed by atoms with van der Waals surface area (Å²) in [5.41, 5.74) is 1.66. The van der Waals surface area contributed by atoms with Crippen LogP contribution in [0.5, 0.6) is 0 Å². The van der Waals surface area contributed by atoms with Crippen molar-refractivity contribution >= 4 is 17.4 Å². The van der Waals surface area contributed by atoms with Crippen molar-refractivity contribution in [2.75, 3.05) is 42.9 Å². The van der Waals surface area contributed by atoms with Crippen molar-refractivity contribution in [2.24, 2.45) is 0 Å². The molecular formula is C19H20FN5O. The number of nitrogens with zero attached hydrogens (tertiary/aromatic N) is 4. The molecular weight excluding hydrogens is 333 g/mol. The SMILES string of the molecule is Cc1cc(NC(=O)CN2CCN(c3ncccc3C#N)CC2)ccc1F. The normalized spacial score (nSPS) is 14.7. The first-order valence-corrected chi connectivity index (χ1v) is 8.45. The molecule has 1 N–H and O–H groups in total. The molecule has 0 spiro atoms. The van der Waals surface area contributed by atoms with Crippen molar-refractivity contribution in [3.63, 3.8) is 0 Å². The topological polar surface area (TPSA) is 72.3 Å². The highest BCUT2D eigenvalue weighted by Gasteiger charge is 2.21. The van der Waals surface area contributed by atoms with Crippen LogP contribution < -0.4 is 10.2 Å². The van der Waals surface area contributed by atoms with Crippen LogP contribution in [0.1, 0.15) is 11.1 Å². The number of pyridine rings is 1. The van der Waals surface area contributed by atoms with Crippen LogP contribution in [-0.2, 0) is 4.79 Å². The zero-order valence-electron chi connectivity index (χ0n) is 14.6. The number of anilines is 2. The van der Waals surface area contributed by atoms with Gasteiger partial charge in [0.1, 0.15) is 17.7 Å². The Morgan fingerprint density at radius 2 is 2.08 bits per heavy atom. The van der Waals surface area contributed by atoms with E-state index in [1.165, 1.54) is 6.07 Å². The van der Waals surface area contributed by atoms with Gasteiger partial charge in [-0.05, 0) is 42.8 Å². The molecule has 1 aliphatic heterocycles. The number of halogens is 1. The second-order valence-electron chi connectivity index (χ2n) is 6.26. The zero-order valence-corrected chi connectivity index (χ0v) is 14.6. The number of rotatable bonds is 4. The molecule has 134 valence electrons. The minimum absolute atomic E-state index is 0.125. The monoisotopic (exact) mass is 353 g/mol. The molecule has 2 aromatic rings. The molecule has 0 unspecified atom stereocenters. The molecule has 0 saturated carbocycles. The molecule has 1 aromatic heterocycles. The van der Waals surface area contributed by atoms with Gasteiger partial charge in [0.25, 0.3) is 0 Å². The second kappa shape index (κ2) is 7.93. The smallest absolute Gasteiger partial charge is 0.238 e. The van der Waals surface area contributed by atoms with Gasteiger partial charge in [0, 0.05) is 38.1 Å². The maximum Gasteiger partial charge on any atom is 0.238 e. The first-order valence-electron chi connectivity index (χ1n) is 8.45. The lowest BCUT2D eigenvalue weighted by atomic mass is 10.2. The van der Waals surface area contributed by atoms with Crippen LogP contribution in [0.15, 0.2) is 36.5 Å². The molecule has 1 fully saturated rings. The summed E-state index contributed by atoms with van der Waals surface area (Å²) in [6.45, 7) is 4.76. The maximum atomic E-state index is 13.3. The summed E-state index contributed by atoms with van der Waals surface area (Å²) in [6, 6.07) is 10.2. The van der Waals surface area contributed by atoms with E-state index in [1.54, 1.807) is 37.4 Å². The number of aromatic nitrogens is 1. The molecule has 1 aromatic carbocycles. The number of carbonyl (C=O) groups is 1. The van der Waals surface area contributed by atoms with E-state index in [0.29, 0.717) is 48.8 Å². The van der Waals surface area contributed by atoms with E-state index >= 15 is 0 Å². The van der Waals surface area contributed by atoms with E-state index in [2.05, 4.69) is 26.2 Å². The summed E-state index contributed by atoms with van der Waals surface area (Å²) in [6.07, 6.45) is 1.68. The van der Waals surface area contributed by atoms with Crippen LogP contribution >= 0.6 is 0 Å². The van der Waals surface area contributed by atoms with Gasteiger partial charge >= 0.3 is 0 Å². The Morgan fingerprint density at radius 1 is 1.31 bits per heavy atom. The zero-order chi connectivity index (χ0) is 18.5. The third kappa shape index (κ3) is 4.16. The third-order valence-corrected chi connectivity index (χ3v) is 4.39. The Labute approximate surface area is 151 Å². The molecule has 3 rings (SSSR count). The number of aryl methyl sites for hydroxylation is 1. The van der Waals surface area contributed by atoms with Gasteiger partial charge in [-0.3, -0.25) is 9.69 Å². The number of nitrogens with one attached hydrogen (secondary N) is 1. The lowest BCUT2D eigenvalue weighted by Gasteiger charge is -2.35. The Bertz CT molecular complexity index is 840. The standard InChI is InChI=1S/C19H20FN5O/c1-14-11-16(4-5-17(14)20)23-18(26)13-24-7-9-25(10-8-24)19-15(12-21)3-2-6-22-19/h2-6,11H,7-10,13H2,1H3,(H,23,26). The van der Waals surface area contributed by atoms with Crippen molar-refractivity contribution in [3.05, 3.63) is 53.5 Å². The number of carbonyl (C=O) groups excluding carboxylic acids is 1. The van der Waals surface area contributed by atoms with Gasteiger partial charge < -0.3 is 10.2 Å². The Hall–Kier alpha value is -2.98. The van der Waals surface area contributed by atoms with Crippen LogP contribution in [0.3, 0.4) is 0 Å².